The molecule has 4 heterocycles. The number of benzene rings is 2. The number of ether oxygens (including phenoxy) is 2. The van der Waals surface area contributed by atoms with Crippen molar-refractivity contribution < 1.29 is 36.3 Å². The van der Waals surface area contributed by atoms with Gasteiger partial charge in [0.25, 0.3) is 5.91 Å². The van der Waals surface area contributed by atoms with E-state index in [1.807, 2.05) is 7.05 Å². The number of aromatic amines is 1. The number of hydrogen-bond donors (Lipinski definition) is 3. The lowest BCUT2D eigenvalue weighted by Gasteiger charge is -2.37. The van der Waals surface area contributed by atoms with Gasteiger partial charge in [-0.05, 0) is 44.2 Å². The second-order valence-corrected chi connectivity index (χ2v) is 14.6. The van der Waals surface area contributed by atoms with E-state index in [0.29, 0.717) is 49.1 Å². The molecule has 0 unspecified atom stereocenters. The van der Waals surface area contributed by atoms with Crippen LogP contribution < -0.4 is 15.4 Å². The molecule has 2 amide bonds. The Morgan fingerprint density at radius 3 is 2.43 bits per heavy atom. The van der Waals surface area contributed by atoms with E-state index in [4.69, 9.17) is 9.47 Å². The molecule has 1 aromatic heterocycles. The van der Waals surface area contributed by atoms with Crippen LogP contribution in [0.1, 0.15) is 48.3 Å². The van der Waals surface area contributed by atoms with Crippen molar-refractivity contribution in [2.24, 2.45) is 5.92 Å². The molecule has 6 rings (SSSR count). The van der Waals surface area contributed by atoms with Gasteiger partial charge in [-0.3, -0.25) is 19.6 Å². The fourth-order valence-electron chi connectivity index (χ4n) is 6.11. The Morgan fingerprint density at radius 2 is 1.76 bits per heavy atom. The summed E-state index contributed by atoms with van der Waals surface area (Å²) in [5.74, 6) is -2.51. The van der Waals surface area contributed by atoms with Gasteiger partial charge in [0.05, 0.1) is 16.1 Å². The normalized spacial score (nSPS) is 19.2. The Labute approximate surface area is 265 Å². The van der Waals surface area contributed by atoms with E-state index in [1.54, 1.807) is 32.0 Å². The molecule has 2 aromatic carbocycles. The monoisotopic (exact) mass is 658 g/mol. The van der Waals surface area contributed by atoms with Crippen molar-refractivity contribution in [1.82, 2.24) is 19.4 Å². The zero-order chi connectivity index (χ0) is 32.8. The van der Waals surface area contributed by atoms with E-state index < -0.39 is 37.9 Å². The minimum atomic E-state index is -4.32. The minimum absolute atomic E-state index is 0.00329. The molecule has 3 aliphatic rings. The molecule has 0 atom stereocenters. The van der Waals surface area contributed by atoms with Crippen LogP contribution in [0.2, 0.25) is 0 Å². The molecule has 3 aliphatic heterocycles. The summed E-state index contributed by atoms with van der Waals surface area (Å²) < 4.78 is 67.5. The third kappa shape index (κ3) is 6.49. The van der Waals surface area contributed by atoms with Crippen LogP contribution in [0.15, 0.2) is 41.3 Å². The van der Waals surface area contributed by atoms with Gasteiger partial charge in [-0.1, -0.05) is 13.8 Å². The predicted octanol–water partition coefficient (Wildman–Crippen LogP) is 3.48. The van der Waals surface area contributed by atoms with Crippen LogP contribution in [0, 0.1) is 17.6 Å². The molecule has 0 saturated carbocycles. The lowest BCUT2D eigenvalue weighted by Crippen LogP contribution is -2.51. The quantitative estimate of drug-likeness (QED) is 0.334. The van der Waals surface area contributed by atoms with Crippen LogP contribution in [0.3, 0.4) is 0 Å². The number of H-pyrrole nitrogens is 1. The van der Waals surface area contributed by atoms with Crippen molar-refractivity contribution in [1.29, 1.82) is 0 Å². The van der Waals surface area contributed by atoms with Crippen molar-refractivity contribution in [3.05, 3.63) is 64.9 Å². The van der Waals surface area contributed by atoms with Gasteiger partial charge < -0.3 is 20.1 Å². The molecule has 3 N–H and O–H groups in total. The van der Waals surface area contributed by atoms with E-state index in [-0.39, 0.29) is 48.1 Å². The molecular weight excluding hydrogens is 622 g/mol. The van der Waals surface area contributed by atoms with Gasteiger partial charge in [0.2, 0.25) is 15.9 Å². The zero-order valence-corrected chi connectivity index (χ0v) is 26.5. The zero-order valence-electron chi connectivity index (χ0n) is 25.7. The van der Waals surface area contributed by atoms with Crippen molar-refractivity contribution in [2.75, 3.05) is 50.5 Å². The maximum Gasteiger partial charge on any atom is 0.258 e. The molecule has 246 valence electrons. The number of fused-ring (bicyclic) bond motifs is 1. The number of likely N-dealkylation sites (N-methyl/N-ethyl adjacent to an activating group) is 1. The topological polar surface area (TPSA) is 146 Å². The second-order valence-electron chi connectivity index (χ2n) is 12.7. The van der Waals surface area contributed by atoms with Gasteiger partial charge in [-0.15, -0.1) is 0 Å². The first-order valence-corrected chi connectivity index (χ1v) is 16.5. The summed E-state index contributed by atoms with van der Waals surface area (Å²) in [5.41, 5.74) is 0.653. The van der Waals surface area contributed by atoms with Crippen LogP contribution in [0.25, 0.3) is 0 Å². The maximum absolute atomic E-state index is 13.9. The van der Waals surface area contributed by atoms with Gasteiger partial charge in [0.1, 0.15) is 23.5 Å². The van der Waals surface area contributed by atoms with E-state index in [0.717, 1.165) is 29.5 Å². The van der Waals surface area contributed by atoms with E-state index in [2.05, 4.69) is 25.7 Å². The number of sulfonamides is 1. The number of nitrogens with one attached hydrogen (secondary N) is 3. The van der Waals surface area contributed by atoms with E-state index >= 15 is 0 Å². The molecule has 0 radical (unpaired) electrons. The van der Waals surface area contributed by atoms with E-state index in [9.17, 15) is 26.8 Å². The Balaban J connectivity index is 1.27. The first kappa shape index (κ1) is 32.0. The first-order valence-electron chi connectivity index (χ1n) is 15.0. The number of hydrogen-bond acceptors (Lipinski definition) is 8. The molecule has 46 heavy (non-hydrogen) atoms. The molecule has 0 aliphatic carbocycles. The molecule has 15 heteroatoms. The average Bonchev–Trinajstić information content (AvgIpc) is 3.39. The predicted molar refractivity (Wildman–Crippen MR) is 164 cm³/mol. The van der Waals surface area contributed by atoms with Crippen molar-refractivity contribution in [3.63, 3.8) is 0 Å². The van der Waals surface area contributed by atoms with Gasteiger partial charge in [-0.2, -0.15) is 9.40 Å². The molecule has 0 spiro atoms. The highest BCUT2D eigenvalue weighted by Crippen LogP contribution is 2.38. The van der Waals surface area contributed by atoms with Crippen molar-refractivity contribution in [2.45, 2.75) is 49.6 Å². The number of anilines is 2. The number of carbonyl (C=O) groups excluding carboxylic acids is 2. The number of likely N-dealkylation sites (tertiary alicyclic amines) is 1. The first-order chi connectivity index (χ1) is 21.8. The molecular formula is C31H36F2N6O6S. The summed E-state index contributed by atoms with van der Waals surface area (Å²) in [7, 11) is -2.33. The third-order valence-corrected chi connectivity index (χ3v) is 10.3. The lowest BCUT2D eigenvalue weighted by molar-refractivity contribution is -0.122. The SMILES string of the molecule is CN1CC(Oc2ccc(C(=O)Nc3n[nH]c4c3CN(S(=O)(=O)c3cc(F)cc(F)c3)CC4(C)C)c(NC(=O)C3CCOCC3)c2)C1. The van der Waals surface area contributed by atoms with Crippen LogP contribution in [0.5, 0.6) is 5.75 Å². The van der Waals surface area contributed by atoms with Gasteiger partial charge >= 0.3 is 0 Å². The minimum Gasteiger partial charge on any atom is -0.488 e. The Kier molecular flexibility index (Phi) is 8.61. The number of rotatable bonds is 8. The molecule has 12 nitrogen and oxygen atoms in total. The highest BCUT2D eigenvalue weighted by molar-refractivity contribution is 7.89. The number of nitrogens with zero attached hydrogens (tertiary/aromatic N) is 3. The second kappa shape index (κ2) is 12.4. The fraction of sp³-hybridized carbons (Fsp3) is 0.452. The van der Waals surface area contributed by atoms with Crippen molar-refractivity contribution in [3.8, 4) is 5.75 Å². The third-order valence-electron chi connectivity index (χ3n) is 8.57. The van der Waals surface area contributed by atoms with Crippen LogP contribution in [-0.4, -0.2) is 85.6 Å². The number of aromatic nitrogens is 2. The maximum atomic E-state index is 13.9. The van der Waals surface area contributed by atoms with Crippen LogP contribution in [-0.2, 0) is 31.5 Å². The summed E-state index contributed by atoms with van der Waals surface area (Å²) in [6.45, 7) is 5.85. The summed E-state index contributed by atoms with van der Waals surface area (Å²) in [4.78, 5) is 28.5. The van der Waals surface area contributed by atoms with Gasteiger partial charge in [-0.25, -0.2) is 17.2 Å². The fourth-order valence-corrected chi connectivity index (χ4v) is 7.72. The Bertz CT molecular complexity index is 1750. The summed E-state index contributed by atoms with van der Waals surface area (Å²) in [6, 6.07) is 6.99. The number of halogens is 2. The lowest BCUT2D eigenvalue weighted by atomic mass is 9.84. The average molecular weight is 659 g/mol. The van der Waals surface area contributed by atoms with Gasteiger partial charge in [0.15, 0.2) is 5.82 Å². The number of amides is 2. The largest absolute Gasteiger partial charge is 0.488 e. The van der Waals surface area contributed by atoms with Crippen molar-refractivity contribution >= 4 is 33.3 Å². The smallest absolute Gasteiger partial charge is 0.258 e. The van der Waals surface area contributed by atoms with Crippen LogP contribution >= 0.6 is 0 Å². The molecule has 3 aromatic rings. The van der Waals surface area contributed by atoms with Crippen LogP contribution in [0.4, 0.5) is 20.3 Å². The highest BCUT2D eigenvalue weighted by atomic mass is 32.2. The summed E-state index contributed by atoms with van der Waals surface area (Å²) >= 11 is 0. The number of carbonyl (C=O) groups is 2. The molecule has 0 bridgehead atoms. The Morgan fingerprint density at radius 1 is 1.07 bits per heavy atom. The summed E-state index contributed by atoms with van der Waals surface area (Å²) in [6.07, 6.45) is 1.12. The van der Waals surface area contributed by atoms with E-state index in [1.165, 1.54) is 0 Å². The highest BCUT2D eigenvalue weighted by Gasteiger charge is 2.41. The standard InChI is InChI=1S/C31H36F2N6O6S/c1-31(2)17-39(46(42,43)23-11-19(32)10-20(33)12-23)16-25-27(31)36-37-28(25)35-30(41)24-5-4-21(45-22-14-38(3)15-22)13-26(24)34-29(40)18-6-8-44-9-7-18/h4-5,10-13,18,22H,6-9,14-17H2,1-3H3,(H,34,40)(H2,35,36,37,41). The molecule has 2 fully saturated rings. The molecule has 2 saturated heterocycles. The van der Waals surface area contributed by atoms with Gasteiger partial charge in [0, 0.05) is 74.1 Å². The Hall–Kier alpha value is -3.92. The summed E-state index contributed by atoms with van der Waals surface area (Å²) in [5, 5.41) is 12.9.